The van der Waals surface area contributed by atoms with E-state index in [0.717, 1.165) is 0 Å². The molecule has 1 heterocycles. The molecule has 2 rings (SSSR count). The van der Waals surface area contributed by atoms with E-state index >= 15 is 0 Å². The van der Waals surface area contributed by atoms with Crippen molar-refractivity contribution in [3.63, 3.8) is 0 Å². The largest absolute Gasteiger partial charge is 0.298 e. The third-order valence-corrected chi connectivity index (χ3v) is 3.29. The summed E-state index contributed by atoms with van der Waals surface area (Å²) < 4.78 is 0. The molecule has 0 saturated heterocycles. The lowest BCUT2D eigenvalue weighted by Gasteiger charge is -2.02. The number of anilines is 1. The van der Waals surface area contributed by atoms with Crippen LogP contribution >= 0.6 is 11.3 Å². The highest BCUT2D eigenvalue weighted by atomic mass is 32.1. The first-order valence-corrected chi connectivity index (χ1v) is 7.28. The van der Waals surface area contributed by atoms with Crippen LogP contribution in [0.15, 0.2) is 35.7 Å². The van der Waals surface area contributed by atoms with Gasteiger partial charge in [0.2, 0.25) is 5.91 Å². The minimum absolute atomic E-state index is 0.109. The van der Waals surface area contributed by atoms with E-state index in [1.165, 1.54) is 11.3 Å². The summed E-state index contributed by atoms with van der Waals surface area (Å²) in [6, 6.07) is 8.87. The molecule has 0 saturated carbocycles. The highest BCUT2D eigenvalue weighted by Crippen LogP contribution is 2.16. The van der Waals surface area contributed by atoms with Crippen molar-refractivity contribution in [2.24, 2.45) is 0 Å². The molecule has 2 N–H and O–H groups in total. The molecule has 0 aliphatic rings. The molecule has 0 bridgehead atoms. The van der Waals surface area contributed by atoms with Crippen molar-refractivity contribution in [1.29, 1.82) is 0 Å². The van der Waals surface area contributed by atoms with Crippen LogP contribution < -0.4 is 10.8 Å². The number of rotatable bonds is 6. The molecule has 0 fully saturated rings. The summed E-state index contributed by atoms with van der Waals surface area (Å²) in [4.78, 5) is 32.4. The Labute approximate surface area is 126 Å². The molecule has 0 aliphatic heterocycles. The fourth-order valence-corrected chi connectivity index (χ4v) is 2.26. The molecular formula is C14H15N3O3S. The standard InChI is InChI=1S/C14H15N3O3S/c1-2-20-17-12(18)8-11-9-21-14(15-11)16-13(19)10-6-4-3-5-7-10/h3-7,9H,2,8H2,1H3,(H,17,18)(H,15,16,19). The Morgan fingerprint density at radius 1 is 1.29 bits per heavy atom. The first kappa shape index (κ1) is 15.1. The summed E-state index contributed by atoms with van der Waals surface area (Å²) >= 11 is 1.27. The van der Waals surface area contributed by atoms with Gasteiger partial charge in [-0.15, -0.1) is 11.3 Å². The van der Waals surface area contributed by atoms with Crippen LogP contribution in [0.2, 0.25) is 0 Å². The van der Waals surface area contributed by atoms with Gasteiger partial charge in [-0.3, -0.25) is 19.7 Å². The minimum Gasteiger partial charge on any atom is -0.298 e. The van der Waals surface area contributed by atoms with E-state index in [9.17, 15) is 9.59 Å². The van der Waals surface area contributed by atoms with Gasteiger partial charge in [-0.2, -0.15) is 0 Å². The summed E-state index contributed by atoms with van der Waals surface area (Å²) in [6.45, 7) is 2.18. The monoisotopic (exact) mass is 305 g/mol. The lowest BCUT2D eigenvalue weighted by atomic mass is 10.2. The van der Waals surface area contributed by atoms with Gasteiger partial charge in [0, 0.05) is 10.9 Å². The van der Waals surface area contributed by atoms with E-state index in [1.54, 1.807) is 36.6 Å². The number of nitrogens with one attached hydrogen (secondary N) is 2. The zero-order valence-corrected chi connectivity index (χ0v) is 12.3. The summed E-state index contributed by atoms with van der Waals surface area (Å²) in [6.07, 6.45) is 0.109. The molecule has 2 amide bonds. The zero-order valence-electron chi connectivity index (χ0n) is 11.5. The lowest BCUT2D eigenvalue weighted by Crippen LogP contribution is -2.25. The number of amides is 2. The summed E-state index contributed by atoms with van der Waals surface area (Å²) in [7, 11) is 0. The van der Waals surface area contributed by atoms with Crippen molar-refractivity contribution in [2.75, 3.05) is 11.9 Å². The van der Waals surface area contributed by atoms with Crippen molar-refractivity contribution in [1.82, 2.24) is 10.5 Å². The maximum atomic E-state index is 11.9. The van der Waals surface area contributed by atoms with Crippen molar-refractivity contribution in [3.05, 3.63) is 47.0 Å². The molecule has 21 heavy (non-hydrogen) atoms. The van der Waals surface area contributed by atoms with Gasteiger partial charge < -0.3 is 0 Å². The van der Waals surface area contributed by atoms with Crippen LogP contribution in [0.3, 0.4) is 0 Å². The third-order valence-electron chi connectivity index (χ3n) is 2.48. The van der Waals surface area contributed by atoms with Crippen molar-refractivity contribution < 1.29 is 14.4 Å². The van der Waals surface area contributed by atoms with Crippen LogP contribution in [-0.2, 0) is 16.1 Å². The molecule has 110 valence electrons. The van der Waals surface area contributed by atoms with Crippen molar-refractivity contribution in [2.45, 2.75) is 13.3 Å². The SMILES string of the molecule is CCONC(=O)Cc1csc(NC(=O)c2ccccc2)n1. The predicted octanol–water partition coefficient (Wildman–Crippen LogP) is 2.01. The Balaban J connectivity index is 1.91. The van der Waals surface area contributed by atoms with Gasteiger partial charge in [-0.05, 0) is 19.1 Å². The van der Waals surface area contributed by atoms with Gasteiger partial charge >= 0.3 is 0 Å². The van der Waals surface area contributed by atoms with Gasteiger partial charge in [-0.25, -0.2) is 10.5 Å². The number of hydroxylamine groups is 1. The van der Waals surface area contributed by atoms with Crippen LogP contribution in [-0.4, -0.2) is 23.4 Å². The van der Waals surface area contributed by atoms with Gasteiger partial charge in [0.15, 0.2) is 5.13 Å². The van der Waals surface area contributed by atoms with Gasteiger partial charge in [-0.1, -0.05) is 18.2 Å². The van der Waals surface area contributed by atoms with E-state index in [1.807, 2.05) is 6.07 Å². The van der Waals surface area contributed by atoms with Crippen molar-refractivity contribution in [3.8, 4) is 0 Å². The lowest BCUT2D eigenvalue weighted by molar-refractivity contribution is -0.132. The first-order chi connectivity index (χ1) is 10.2. The molecule has 7 heteroatoms. The second-order valence-electron chi connectivity index (χ2n) is 4.10. The fourth-order valence-electron chi connectivity index (χ4n) is 1.56. The van der Waals surface area contributed by atoms with Crippen LogP contribution in [0.5, 0.6) is 0 Å². The molecular weight excluding hydrogens is 290 g/mol. The second kappa shape index (κ2) is 7.51. The molecule has 0 aliphatic carbocycles. The zero-order chi connectivity index (χ0) is 15.1. The maximum absolute atomic E-state index is 11.9. The Morgan fingerprint density at radius 2 is 2.05 bits per heavy atom. The average Bonchev–Trinajstić information content (AvgIpc) is 2.93. The summed E-state index contributed by atoms with van der Waals surface area (Å²) in [5.41, 5.74) is 3.44. The number of thiazole rings is 1. The fraction of sp³-hybridized carbons (Fsp3) is 0.214. The quantitative estimate of drug-likeness (QED) is 0.800. The normalized spacial score (nSPS) is 10.1. The Kier molecular flexibility index (Phi) is 5.42. The van der Waals surface area contributed by atoms with E-state index < -0.39 is 0 Å². The number of nitrogens with zero attached hydrogens (tertiary/aromatic N) is 1. The van der Waals surface area contributed by atoms with Gasteiger partial charge in [0.05, 0.1) is 18.7 Å². The smallest absolute Gasteiger partial charge is 0.257 e. The third kappa shape index (κ3) is 4.66. The Bertz CT molecular complexity index is 613. The number of benzene rings is 1. The second-order valence-corrected chi connectivity index (χ2v) is 4.96. The molecule has 0 atom stereocenters. The van der Waals surface area contributed by atoms with Gasteiger partial charge in [0.1, 0.15) is 0 Å². The highest BCUT2D eigenvalue weighted by Gasteiger charge is 2.10. The molecule has 6 nitrogen and oxygen atoms in total. The predicted molar refractivity (Wildman–Crippen MR) is 80.0 cm³/mol. The molecule has 0 unspecified atom stereocenters. The number of hydrogen-bond donors (Lipinski definition) is 2. The topological polar surface area (TPSA) is 80.3 Å². The van der Waals surface area contributed by atoms with Crippen LogP contribution in [0, 0.1) is 0 Å². The number of aromatic nitrogens is 1. The highest BCUT2D eigenvalue weighted by molar-refractivity contribution is 7.14. The Morgan fingerprint density at radius 3 is 2.76 bits per heavy atom. The van der Waals surface area contributed by atoms with Crippen molar-refractivity contribution >= 4 is 28.3 Å². The average molecular weight is 305 g/mol. The number of hydrogen-bond acceptors (Lipinski definition) is 5. The molecule has 1 aromatic carbocycles. The van der Waals surface area contributed by atoms with Crippen LogP contribution in [0.4, 0.5) is 5.13 Å². The number of carbonyl (C=O) groups excluding carboxylic acids is 2. The first-order valence-electron chi connectivity index (χ1n) is 6.40. The van der Waals surface area contributed by atoms with E-state index in [-0.39, 0.29) is 18.2 Å². The van der Waals surface area contributed by atoms with Gasteiger partial charge in [0.25, 0.3) is 5.91 Å². The summed E-state index contributed by atoms with van der Waals surface area (Å²) in [5.74, 6) is -0.502. The molecule has 1 aromatic heterocycles. The number of carbonyl (C=O) groups is 2. The molecule has 0 radical (unpaired) electrons. The summed E-state index contributed by atoms with van der Waals surface area (Å²) in [5, 5.41) is 4.89. The molecule has 0 spiro atoms. The maximum Gasteiger partial charge on any atom is 0.257 e. The van der Waals surface area contributed by atoms with Crippen LogP contribution in [0.1, 0.15) is 23.0 Å². The van der Waals surface area contributed by atoms with Crippen LogP contribution in [0.25, 0.3) is 0 Å². The minimum atomic E-state index is -0.275. The van der Waals surface area contributed by atoms with E-state index in [2.05, 4.69) is 15.8 Å². The Hall–Kier alpha value is -2.25. The molecule has 2 aromatic rings. The van der Waals surface area contributed by atoms with E-state index in [4.69, 9.17) is 4.84 Å². The van der Waals surface area contributed by atoms with E-state index in [0.29, 0.717) is 23.0 Å².